The van der Waals surface area contributed by atoms with Gasteiger partial charge in [0.15, 0.2) is 0 Å². The molecular weight excluding hydrogens is 444 g/mol. The first-order valence-electron chi connectivity index (χ1n) is 15.1. The van der Waals surface area contributed by atoms with Crippen LogP contribution in [0.1, 0.15) is 159 Å². The van der Waals surface area contributed by atoms with E-state index in [-0.39, 0.29) is 16.2 Å². The molecular formula is C33H60O3. The maximum absolute atomic E-state index is 11.6. The molecule has 0 radical (unpaired) electrons. The van der Waals surface area contributed by atoms with Gasteiger partial charge in [-0.25, -0.2) is 0 Å². The van der Waals surface area contributed by atoms with E-state index in [1.165, 1.54) is 77.0 Å². The molecule has 0 atom stereocenters. The van der Waals surface area contributed by atoms with E-state index < -0.39 is 0 Å². The third-order valence-corrected chi connectivity index (χ3v) is 8.36. The van der Waals surface area contributed by atoms with Gasteiger partial charge in [0.2, 0.25) is 0 Å². The second-order valence-electron chi connectivity index (χ2n) is 15.1. The van der Waals surface area contributed by atoms with Crippen molar-refractivity contribution < 1.29 is 14.4 Å². The molecule has 0 unspecified atom stereocenters. The molecule has 0 aromatic carbocycles. The van der Waals surface area contributed by atoms with Crippen molar-refractivity contribution in [1.29, 1.82) is 0 Å². The Morgan fingerprint density at radius 1 is 0.417 bits per heavy atom. The van der Waals surface area contributed by atoms with Crippen molar-refractivity contribution in [2.24, 2.45) is 34.0 Å². The van der Waals surface area contributed by atoms with Gasteiger partial charge in [0.05, 0.1) is 0 Å². The number of carbonyl (C=O) groups excluding carboxylic acids is 3. The van der Waals surface area contributed by atoms with Gasteiger partial charge in [-0.05, 0) is 17.8 Å². The van der Waals surface area contributed by atoms with Crippen LogP contribution in [0.15, 0.2) is 0 Å². The first-order chi connectivity index (χ1) is 16.5. The summed E-state index contributed by atoms with van der Waals surface area (Å²) in [5, 5.41) is 0. The van der Waals surface area contributed by atoms with Crippen molar-refractivity contribution in [2.45, 2.75) is 159 Å². The molecule has 3 rings (SSSR count). The Kier molecular flexibility index (Phi) is 13.6. The van der Waals surface area contributed by atoms with E-state index in [4.69, 9.17) is 0 Å². The fourth-order valence-corrected chi connectivity index (χ4v) is 5.35. The van der Waals surface area contributed by atoms with Crippen LogP contribution in [0.5, 0.6) is 0 Å². The second kappa shape index (κ2) is 14.8. The van der Waals surface area contributed by atoms with Gasteiger partial charge in [-0.1, -0.05) is 139 Å². The summed E-state index contributed by atoms with van der Waals surface area (Å²) in [7, 11) is 0. The predicted molar refractivity (Wildman–Crippen MR) is 153 cm³/mol. The predicted octanol–water partition coefficient (Wildman–Crippen LogP) is 9.55. The summed E-state index contributed by atoms with van der Waals surface area (Å²) < 4.78 is 0. The van der Waals surface area contributed by atoms with Crippen molar-refractivity contribution in [1.82, 2.24) is 0 Å². The lowest BCUT2D eigenvalue weighted by Gasteiger charge is -2.18. The zero-order valence-electron chi connectivity index (χ0n) is 25.6. The maximum atomic E-state index is 11.6. The third kappa shape index (κ3) is 13.5. The van der Waals surface area contributed by atoms with Crippen molar-refractivity contribution in [3.05, 3.63) is 0 Å². The van der Waals surface area contributed by atoms with Gasteiger partial charge < -0.3 is 0 Å². The number of hydrogen-bond acceptors (Lipinski definition) is 3. The summed E-state index contributed by atoms with van der Waals surface area (Å²) in [6.07, 6.45) is 18.2. The van der Waals surface area contributed by atoms with E-state index in [1.807, 2.05) is 62.3 Å². The van der Waals surface area contributed by atoms with Crippen molar-refractivity contribution in [3.8, 4) is 0 Å². The maximum Gasteiger partial charge on any atom is 0.138 e. The molecule has 3 aliphatic rings. The van der Waals surface area contributed by atoms with E-state index in [0.717, 1.165) is 19.3 Å². The number of carbonyl (C=O) groups is 3. The van der Waals surface area contributed by atoms with Crippen LogP contribution < -0.4 is 0 Å². The number of rotatable bonds is 6. The van der Waals surface area contributed by atoms with Crippen molar-refractivity contribution in [3.63, 3.8) is 0 Å². The molecule has 0 saturated heterocycles. The van der Waals surface area contributed by atoms with Crippen LogP contribution >= 0.6 is 0 Å². The Bertz CT molecular complexity index is 570. The zero-order valence-corrected chi connectivity index (χ0v) is 25.6. The zero-order chi connectivity index (χ0) is 27.6. The van der Waals surface area contributed by atoms with Crippen LogP contribution in [0, 0.1) is 34.0 Å². The molecule has 36 heavy (non-hydrogen) atoms. The van der Waals surface area contributed by atoms with E-state index in [0.29, 0.717) is 35.1 Å². The van der Waals surface area contributed by atoms with Crippen LogP contribution in [0.4, 0.5) is 0 Å². The minimum Gasteiger partial charge on any atom is -0.299 e. The molecule has 0 amide bonds. The van der Waals surface area contributed by atoms with Crippen molar-refractivity contribution >= 4 is 17.3 Å². The molecule has 3 nitrogen and oxygen atoms in total. The summed E-state index contributed by atoms with van der Waals surface area (Å²) in [6, 6.07) is 0. The Morgan fingerprint density at radius 3 is 0.722 bits per heavy atom. The molecule has 0 N–H and O–H groups in total. The number of hydrogen-bond donors (Lipinski definition) is 0. The number of ketones is 3. The van der Waals surface area contributed by atoms with Crippen LogP contribution in [0.25, 0.3) is 0 Å². The fourth-order valence-electron chi connectivity index (χ4n) is 5.35. The standard InChI is InChI=1S/3C11H20O/c3*1-11(2,3)10(12)8-9-6-4-5-7-9/h3*9H,4-8H2,1-3H3. The normalized spacial score (nSPS) is 19.9. The molecule has 0 spiro atoms. The quantitative estimate of drug-likeness (QED) is 0.362. The molecule has 0 aromatic heterocycles. The molecule has 0 aliphatic heterocycles. The third-order valence-electron chi connectivity index (χ3n) is 8.36. The highest BCUT2D eigenvalue weighted by Crippen LogP contribution is 2.32. The van der Waals surface area contributed by atoms with Gasteiger partial charge >= 0.3 is 0 Å². The van der Waals surface area contributed by atoms with Gasteiger partial charge in [-0.15, -0.1) is 0 Å². The molecule has 0 aromatic rings. The second-order valence-corrected chi connectivity index (χ2v) is 15.1. The molecule has 3 fully saturated rings. The van der Waals surface area contributed by atoms with E-state index in [1.54, 1.807) is 0 Å². The number of Topliss-reactive ketones (excluding diaryl/α,β-unsaturated/α-hetero) is 3. The van der Waals surface area contributed by atoms with Gasteiger partial charge in [-0.3, -0.25) is 14.4 Å². The minimum absolute atomic E-state index is 0.122. The van der Waals surface area contributed by atoms with Crippen LogP contribution in [-0.2, 0) is 14.4 Å². The molecule has 3 aliphatic carbocycles. The lowest BCUT2D eigenvalue weighted by molar-refractivity contribution is -0.127. The Morgan fingerprint density at radius 2 is 0.583 bits per heavy atom. The first kappa shape index (κ1) is 33.0. The Labute approximate surface area is 224 Å². The van der Waals surface area contributed by atoms with Crippen LogP contribution in [0.2, 0.25) is 0 Å². The highest BCUT2D eigenvalue weighted by molar-refractivity contribution is 5.84. The SMILES string of the molecule is CC(C)(C)C(=O)CC1CCCC1.CC(C)(C)C(=O)CC1CCCC1.CC(C)(C)C(=O)CC1CCCC1. The van der Waals surface area contributed by atoms with Gasteiger partial charge in [-0.2, -0.15) is 0 Å². The largest absolute Gasteiger partial charge is 0.299 e. The lowest BCUT2D eigenvalue weighted by atomic mass is 9.85. The van der Waals surface area contributed by atoms with Crippen LogP contribution in [-0.4, -0.2) is 17.3 Å². The lowest BCUT2D eigenvalue weighted by Crippen LogP contribution is -2.22. The Balaban J connectivity index is 0.000000270. The summed E-state index contributed by atoms with van der Waals surface area (Å²) in [5.74, 6) is 3.43. The molecule has 3 saturated carbocycles. The topological polar surface area (TPSA) is 51.2 Å². The molecule has 3 heteroatoms. The summed E-state index contributed by atoms with van der Waals surface area (Å²) >= 11 is 0. The highest BCUT2D eigenvalue weighted by Gasteiger charge is 2.27. The fraction of sp³-hybridized carbons (Fsp3) is 0.909. The van der Waals surface area contributed by atoms with Gasteiger partial charge in [0, 0.05) is 35.5 Å². The average molecular weight is 505 g/mol. The monoisotopic (exact) mass is 504 g/mol. The van der Waals surface area contributed by atoms with Gasteiger partial charge in [0.25, 0.3) is 0 Å². The van der Waals surface area contributed by atoms with Crippen molar-refractivity contribution in [2.75, 3.05) is 0 Å². The Hall–Kier alpha value is -0.990. The summed E-state index contributed by atoms with van der Waals surface area (Å²) in [4.78, 5) is 34.9. The highest BCUT2D eigenvalue weighted by atomic mass is 16.1. The first-order valence-corrected chi connectivity index (χ1v) is 15.1. The smallest absolute Gasteiger partial charge is 0.138 e. The molecule has 0 heterocycles. The molecule has 210 valence electrons. The minimum atomic E-state index is -0.122. The van der Waals surface area contributed by atoms with Crippen LogP contribution in [0.3, 0.4) is 0 Å². The van der Waals surface area contributed by atoms with E-state index in [2.05, 4.69) is 0 Å². The van der Waals surface area contributed by atoms with E-state index >= 15 is 0 Å². The summed E-state index contributed by atoms with van der Waals surface area (Å²) in [5.41, 5.74) is -0.367. The molecule has 0 bridgehead atoms. The summed E-state index contributed by atoms with van der Waals surface area (Å²) in [6.45, 7) is 18.2. The van der Waals surface area contributed by atoms with E-state index in [9.17, 15) is 14.4 Å². The van der Waals surface area contributed by atoms with Gasteiger partial charge in [0.1, 0.15) is 17.3 Å². The average Bonchev–Trinajstić information content (AvgIpc) is 3.51.